The molecular formula is C28H29N5O3. The molecule has 0 fully saturated rings. The maximum atomic E-state index is 13.4. The molecule has 0 spiro atoms. The number of aryl methyl sites for hydroxylation is 4. The van der Waals surface area contributed by atoms with Gasteiger partial charge < -0.3 is 9.30 Å². The fourth-order valence-electron chi connectivity index (χ4n) is 4.30. The third-order valence-corrected chi connectivity index (χ3v) is 5.88. The van der Waals surface area contributed by atoms with Gasteiger partial charge in [0.05, 0.1) is 17.1 Å². The molecule has 0 N–H and O–H groups in total. The van der Waals surface area contributed by atoms with Gasteiger partial charge in [-0.25, -0.2) is 4.98 Å². The quantitative estimate of drug-likeness (QED) is 0.305. The van der Waals surface area contributed by atoms with Crippen LogP contribution < -0.4 is 11.0 Å². The molecule has 0 aliphatic heterocycles. The Morgan fingerprint density at radius 2 is 1.86 bits per heavy atom. The lowest BCUT2D eigenvalue weighted by Crippen LogP contribution is -2.30. The summed E-state index contributed by atoms with van der Waals surface area (Å²) in [6.45, 7) is 10.5. The van der Waals surface area contributed by atoms with Crippen LogP contribution in [0.25, 0.3) is 16.7 Å². The van der Waals surface area contributed by atoms with Crippen molar-refractivity contribution in [2.24, 2.45) is 4.99 Å². The van der Waals surface area contributed by atoms with Crippen molar-refractivity contribution in [3.8, 4) is 6.07 Å². The van der Waals surface area contributed by atoms with Crippen LogP contribution in [0.2, 0.25) is 0 Å². The van der Waals surface area contributed by atoms with Crippen molar-refractivity contribution in [1.29, 1.82) is 5.26 Å². The van der Waals surface area contributed by atoms with E-state index in [9.17, 15) is 14.9 Å². The summed E-state index contributed by atoms with van der Waals surface area (Å²) >= 11 is 0. The van der Waals surface area contributed by atoms with Gasteiger partial charge in [0.2, 0.25) is 0 Å². The molecule has 1 amide bonds. The van der Waals surface area contributed by atoms with Gasteiger partial charge in [-0.3, -0.25) is 14.0 Å². The van der Waals surface area contributed by atoms with E-state index in [4.69, 9.17) is 9.72 Å². The second-order valence-corrected chi connectivity index (χ2v) is 9.25. The number of amides is 1. The number of rotatable bonds is 6. The van der Waals surface area contributed by atoms with Crippen molar-refractivity contribution in [1.82, 2.24) is 14.0 Å². The number of nitrogens with zero attached hydrogens (tertiary/aromatic N) is 5. The van der Waals surface area contributed by atoms with Crippen molar-refractivity contribution < 1.29 is 9.53 Å². The standard InChI is InChI=1S/C28H29N5O3/c1-17(2)36-11-7-10-32-25(31-27(34)21-13-18(3)12-19(4)14-21)22(16-29)15-23-26(32)30-24-20(5)8-6-9-33(24)28(23)35/h6,8-9,12-15,17H,7,10-11H2,1-5H3. The molecule has 8 nitrogen and oxygen atoms in total. The van der Waals surface area contributed by atoms with Crippen molar-refractivity contribution in [3.63, 3.8) is 0 Å². The fraction of sp³-hybridized carbons (Fsp3) is 0.321. The number of hydrogen-bond acceptors (Lipinski definition) is 5. The Hall–Kier alpha value is -4.09. The Balaban J connectivity index is 2.01. The number of benzene rings is 1. The topological polar surface area (TPSA) is 102 Å². The lowest BCUT2D eigenvalue weighted by atomic mass is 10.1. The zero-order valence-corrected chi connectivity index (χ0v) is 21.2. The highest BCUT2D eigenvalue weighted by Gasteiger charge is 2.16. The number of pyridine rings is 2. The summed E-state index contributed by atoms with van der Waals surface area (Å²) in [7, 11) is 0. The van der Waals surface area contributed by atoms with Crippen LogP contribution in [0.3, 0.4) is 0 Å². The van der Waals surface area contributed by atoms with Crippen LogP contribution in [0.15, 0.2) is 52.4 Å². The molecule has 0 saturated carbocycles. The van der Waals surface area contributed by atoms with E-state index in [1.807, 2.05) is 46.8 Å². The molecule has 0 unspecified atom stereocenters. The van der Waals surface area contributed by atoms with Gasteiger partial charge in [-0.15, -0.1) is 0 Å². The first kappa shape index (κ1) is 25.0. The van der Waals surface area contributed by atoms with E-state index in [0.29, 0.717) is 36.4 Å². The largest absolute Gasteiger partial charge is 0.379 e. The minimum absolute atomic E-state index is 0.0712. The minimum atomic E-state index is -0.460. The molecule has 3 heterocycles. The molecule has 3 aromatic heterocycles. The van der Waals surface area contributed by atoms with Crippen molar-refractivity contribution in [3.05, 3.63) is 86.3 Å². The number of nitriles is 1. The maximum Gasteiger partial charge on any atom is 0.279 e. The number of carbonyl (C=O) groups is 1. The molecular weight excluding hydrogens is 454 g/mol. The summed E-state index contributed by atoms with van der Waals surface area (Å²) in [5.41, 5.74) is 4.10. The summed E-state index contributed by atoms with van der Waals surface area (Å²) in [5.74, 6) is -0.460. The van der Waals surface area contributed by atoms with E-state index in [1.165, 1.54) is 10.5 Å². The zero-order valence-electron chi connectivity index (χ0n) is 21.2. The molecule has 36 heavy (non-hydrogen) atoms. The zero-order chi connectivity index (χ0) is 26.0. The highest BCUT2D eigenvalue weighted by Crippen LogP contribution is 2.14. The summed E-state index contributed by atoms with van der Waals surface area (Å²) in [5, 5.41) is 10.3. The van der Waals surface area contributed by atoms with Crippen LogP contribution in [0.4, 0.5) is 0 Å². The molecule has 0 radical (unpaired) electrons. The number of aromatic nitrogens is 3. The summed E-state index contributed by atoms with van der Waals surface area (Å²) < 4.78 is 8.87. The Kier molecular flexibility index (Phi) is 7.13. The molecule has 0 atom stereocenters. The van der Waals surface area contributed by atoms with Crippen LogP contribution in [0, 0.1) is 32.1 Å². The van der Waals surface area contributed by atoms with E-state index in [2.05, 4.69) is 11.1 Å². The van der Waals surface area contributed by atoms with E-state index < -0.39 is 5.91 Å². The van der Waals surface area contributed by atoms with E-state index in [0.717, 1.165) is 16.7 Å². The van der Waals surface area contributed by atoms with Crippen LogP contribution >= 0.6 is 0 Å². The second-order valence-electron chi connectivity index (χ2n) is 9.25. The Labute approximate surface area is 209 Å². The van der Waals surface area contributed by atoms with Gasteiger partial charge in [0.15, 0.2) is 5.49 Å². The van der Waals surface area contributed by atoms with Gasteiger partial charge in [0, 0.05) is 24.9 Å². The highest BCUT2D eigenvalue weighted by molar-refractivity contribution is 5.95. The van der Waals surface area contributed by atoms with Gasteiger partial charge in [0.1, 0.15) is 17.4 Å². The smallest absolute Gasteiger partial charge is 0.279 e. The molecule has 0 saturated heterocycles. The Morgan fingerprint density at radius 1 is 1.14 bits per heavy atom. The SMILES string of the molecule is Cc1cc(C)cc(C(=O)N=c2c(C#N)cc3c(=O)n4cccc(C)c4nc3n2CCCOC(C)C)c1. The Bertz CT molecular complexity index is 1630. The van der Waals surface area contributed by atoms with Crippen molar-refractivity contribution in [2.45, 2.75) is 53.7 Å². The molecule has 0 bridgehead atoms. The van der Waals surface area contributed by atoms with Crippen molar-refractivity contribution in [2.75, 3.05) is 6.61 Å². The highest BCUT2D eigenvalue weighted by atomic mass is 16.5. The van der Waals surface area contributed by atoms with Gasteiger partial charge in [-0.1, -0.05) is 23.3 Å². The molecule has 0 aliphatic rings. The van der Waals surface area contributed by atoms with Crippen LogP contribution in [0.1, 0.15) is 52.9 Å². The molecule has 8 heteroatoms. The maximum absolute atomic E-state index is 13.4. The minimum Gasteiger partial charge on any atom is -0.379 e. The van der Waals surface area contributed by atoms with Crippen LogP contribution in [0.5, 0.6) is 0 Å². The fourth-order valence-corrected chi connectivity index (χ4v) is 4.30. The van der Waals surface area contributed by atoms with Gasteiger partial charge in [-0.2, -0.15) is 10.3 Å². The monoisotopic (exact) mass is 483 g/mol. The lowest BCUT2D eigenvalue weighted by Gasteiger charge is -2.15. The van der Waals surface area contributed by atoms with Gasteiger partial charge in [0.25, 0.3) is 11.5 Å². The first-order valence-electron chi connectivity index (χ1n) is 11.9. The molecule has 4 aromatic rings. The Morgan fingerprint density at radius 3 is 2.53 bits per heavy atom. The predicted molar refractivity (Wildman–Crippen MR) is 138 cm³/mol. The van der Waals surface area contributed by atoms with Crippen molar-refractivity contribution >= 4 is 22.6 Å². The van der Waals surface area contributed by atoms with E-state index in [-0.39, 0.29) is 28.1 Å². The average molecular weight is 484 g/mol. The number of fused-ring (bicyclic) bond motifs is 2. The lowest BCUT2D eigenvalue weighted by molar-refractivity contribution is 0.0748. The van der Waals surface area contributed by atoms with Crippen LogP contribution in [-0.2, 0) is 11.3 Å². The average Bonchev–Trinajstić information content (AvgIpc) is 2.82. The summed E-state index contributed by atoms with van der Waals surface area (Å²) in [4.78, 5) is 35.8. The normalized spacial score (nSPS) is 12.0. The first-order chi connectivity index (χ1) is 17.2. The number of carbonyl (C=O) groups excluding carboxylic acids is 1. The van der Waals surface area contributed by atoms with Gasteiger partial charge in [-0.05, 0) is 70.9 Å². The first-order valence-corrected chi connectivity index (χ1v) is 11.9. The molecule has 4 rings (SSSR count). The van der Waals surface area contributed by atoms with Crippen LogP contribution in [-0.4, -0.2) is 32.6 Å². The second kappa shape index (κ2) is 10.3. The van der Waals surface area contributed by atoms with Gasteiger partial charge >= 0.3 is 0 Å². The summed E-state index contributed by atoms with van der Waals surface area (Å²) in [6, 6.07) is 12.8. The van der Waals surface area contributed by atoms with E-state index >= 15 is 0 Å². The summed E-state index contributed by atoms with van der Waals surface area (Å²) in [6.07, 6.45) is 2.31. The third-order valence-electron chi connectivity index (χ3n) is 5.88. The number of hydrogen-bond donors (Lipinski definition) is 0. The molecule has 184 valence electrons. The molecule has 1 aromatic carbocycles. The molecule has 0 aliphatic carbocycles. The third kappa shape index (κ3) is 4.97. The van der Waals surface area contributed by atoms with E-state index in [1.54, 1.807) is 29.0 Å². The predicted octanol–water partition coefficient (Wildman–Crippen LogP) is 4.00. The number of ether oxygens (including phenoxy) is 1.